The van der Waals surface area contributed by atoms with Gasteiger partial charge < -0.3 is 9.64 Å². The van der Waals surface area contributed by atoms with Crippen molar-refractivity contribution in [1.82, 2.24) is 4.90 Å². The van der Waals surface area contributed by atoms with Crippen LogP contribution in [0.1, 0.15) is 43.0 Å². The Labute approximate surface area is 119 Å². The minimum atomic E-state index is -0.00792. The summed E-state index contributed by atoms with van der Waals surface area (Å²) in [6.45, 7) is 3.36. The number of para-hydroxylation sites is 1. The lowest BCUT2D eigenvalue weighted by atomic mass is 10.1. The molecule has 1 aromatic carbocycles. The Morgan fingerprint density at radius 1 is 1.25 bits per heavy atom. The molecule has 0 atom stereocenters. The summed E-state index contributed by atoms with van der Waals surface area (Å²) in [5.41, 5.74) is 0.592. The van der Waals surface area contributed by atoms with Gasteiger partial charge in [-0.1, -0.05) is 18.6 Å². The molecule has 1 saturated heterocycles. The molecule has 4 nitrogen and oxygen atoms in total. The van der Waals surface area contributed by atoms with E-state index in [0.29, 0.717) is 30.9 Å². The summed E-state index contributed by atoms with van der Waals surface area (Å²) < 4.78 is 5.68. The summed E-state index contributed by atoms with van der Waals surface area (Å²) in [4.78, 5) is 25.2. The zero-order chi connectivity index (χ0) is 14.4. The van der Waals surface area contributed by atoms with E-state index < -0.39 is 0 Å². The van der Waals surface area contributed by atoms with Crippen molar-refractivity contribution in [2.24, 2.45) is 0 Å². The van der Waals surface area contributed by atoms with Gasteiger partial charge in [-0.2, -0.15) is 0 Å². The second-order valence-corrected chi connectivity index (χ2v) is 5.09. The maximum Gasteiger partial charge on any atom is 0.222 e. The second kappa shape index (κ2) is 7.08. The fourth-order valence-electron chi connectivity index (χ4n) is 2.42. The number of ether oxygens (including phenoxy) is 1. The first-order chi connectivity index (χ1) is 9.68. The number of ketones is 1. The van der Waals surface area contributed by atoms with Crippen LogP contribution in [-0.4, -0.2) is 36.3 Å². The maximum atomic E-state index is 11.8. The number of carbonyl (C=O) groups excluding carboxylic acids is 2. The number of hydrogen-bond acceptors (Lipinski definition) is 3. The molecular formula is C16H21NO3. The predicted molar refractivity (Wildman–Crippen MR) is 77.0 cm³/mol. The third-order valence-corrected chi connectivity index (χ3v) is 3.56. The number of hydrogen-bond donors (Lipinski definition) is 0. The SMILES string of the molecule is CC(=O)c1ccccc1OCCN1CCCCCC1=O. The first-order valence-electron chi connectivity index (χ1n) is 7.19. The van der Waals surface area contributed by atoms with Gasteiger partial charge in [-0.3, -0.25) is 9.59 Å². The van der Waals surface area contributed by atoms with Crippen molar-refractivity contribution in [3.63, 3.8) is 0 Å². The fourth-order valence-corrected chi connectivity index (χ4v) is 2.42. The van der Waals surface area contributed by atoms with Gasteiger partial charge in [0.25, 0.3) is 0 Å². The van der Waals surface area contributed by atoms with Crippen molar-refractivity contribution in [3.05, 3.63) is 29.8 Å². The lowest BCUT2D eigenvalue weighted by Gasteiger charge is -2.20. The van der Waals surface area contributed by atoms with Gasteiger partial charge in [0, 0.05) is 13.0 Å². The molecule has 20 heavy (non-hydrogen) atoms. The van der Waals surface area contributed by atoms with E-state index in [1.54, 1.807) is 12.1 Å². The van der Waals surface area contributed by atoms with Gasteiger partial charge >= 0.3 is 0 Å². The summed E-state index contributed by atoms with van der Waals surface area (Å²) in [7, 11) is 0. The highest BCUT2D eigenvalue weighted by atomic mass is 16.5. The van der Waals surface area contributed by atoms with E-state index in [1.807, 2.05) is 17.0 Å². The number of rotatable bonds is 5. The molecule has 0 saturated carbocycles. The number of Topliss-reactive ketones (excluding diaryl/α,β-unsaturated/α-hetero) is 1. The molecule has 4 heteroatoms. The molecule has 108 valence electrons. The van der Waals surface area contributed by atoms with Crippen molar-refractivity contribution in [2.45, 2.75) is 32.6 Å². The third kappa shape index (κ3) is 3.83. The van der Waals surface area contributed by atoms with Crippen LogP contribution >= 0.6 is 0 Å². The summed E-state index contributed by atoms with van der Waals surface area (Å²) in [5, 5.41) is 0. The molecule has 1 heterocycles. The van der Waals surface area contributed by atoms with Crippen molar-refractivity contribution >= 4 is 11.7 Å². The minimum Gasteiger partial charge on any atom is -0.491 e. The minimum absolute atomic E-state index is 0.00792. The van der Waals surface area contributed by atoms with Crippen molar-refractivity contribution in [1.29, 1.82) is 0 Å². The molecule has 0 bridgehead atoms. The van der Waals surface area contributed by atoms with Crippen LogP contribution in [0.2, 0.25) is 0 Å². The quantitative estimate of drug-likeness (QED) is 0.776. The Hall–Kier alpha value is -1.84. The Bertz CT molecular complexity index is 484. The van der Waals surface area contributed by atoms with E-state index in [9.17, 15) is 9.59 Å². The Morgan fingerprint density at radius 2 is 2.05 bits per heavy atom. The number of benzene rings is 1. The Balaban J connectivity index is 1.89. The lowest BCUT2D eigenvalue weighted by Crippen LogP contribution is -2.34. The molecule has 0 aromatic heterocycles. The van der Waals surface area contributed by atoms with E-state index in [2.05, 4.69) is 0 Å². The van der Waals surface area contributed by atoms with Crippen LogP contribution in [0, 0.1) is 0 Å². The normalized spacial score (nSPS) is 15.8. The smallest absolute Gasteiger partial charge is 0.222 e. The highest BCUT2D eigenvalue weighted by Gasteiger charge is 2.16. The van der Waals surface area contributed by atoms with E-state index in [1.165, 1.54) is 6.92 Å². The number of likely N-dealkylation sites (tertiary alicyclic amines) is 1. The average molecular weight is 275 g/mol. The Kier molecular flexibility index (Phi) is 5.16. The summed E-state index contributed by atoms with van der Waals surface area (Å²) in [5.74, 6) is 0.805. The molecule has 1 aliphatic rings. The highest BCUT2D eigenvalue weighted by molar-refractivity contribution is 5.96. The van der Waals surface area contributed by atoms with Gasteiger partial charge in [0.05, 0.1) is 12.1 Å². The van der Waals surface area contributed by atoms with Crippen LogP contribution in [0.4, 0.5) is 0 Å². The standard InChI is InChI=1S/C16H21NO3/c1-13(18)14-7-4-5-8-15(14)20-12-11-17-10-6-2-3-9-16(17)19/h4-5,7-8H,2-3,6,9-12H2,1H3. The summed E-state index contributed by atoms with van der Waals surface area (Å²) >= 11 is 0. The predicted octanol–water partition coefficient (Wildman–Crippen LogP) is 2.67. The molecular weight excluding hydrogens is 254 g/mol. The zero-order valence-corrected chi connectivity index (χ0v) is 11.9. The largest absolute Gasteiger partial charge is 0.491 e. The molecule has 0 unspecified atom stereocenters. The second-order valence-electron chi connectivity index (χ2n) is 5.09. The van der Waals surface area contributed by atoms with Gasteiger partial charge in [-0.15, -0.1) is 0 Å². The fraction of sp³-hybridized carbons (Fsp3) is 0.500. The first-order valence-corrected chi connectivity index (χ1v) is 7.19. The molecule has 0 radical (unpaired) electrons. The molecule has 1 amide bonds. The first kappa shape index (κ1) is 14.6. The van der Waals surface area contributed by atoms with E-state index in [0.717, 1.165) is 25.8 Å². The van der Waals surface area contributed by atoms with Crippen molar-refractivity contribution < 1.29 is 14.3 Å². The van der Waals surface area contributed by atoms with E-state index >= 15 is 0 Å². The third-order valence-electron chi connectivity index (χ3n) is 3.56. The molecule has 0 aliphatic carbocycles. The zero-order valence-electron chi connectivity index (χ0n) is 11.9. The van der Waals surface area contributed by atoms with Crippen LogP contribution in [-0.2, 0) is 4.79 Å². The molecule has 0 N–H and O–H groups in total. The molecule has 1 fully saturated rings. The van der Waals surface area contributed by atoms with Crippen LogP contribution in [0.15, 0.2) is 24.3 Å². The van der Waals surface area contributed by atoms with Gasteiger partial charge in [0.1, 0.15) is 12.4 Å². The molecule has 0 spiro atoms. The number of carbonyl (C=O) groups is 2. The molecule has 1 aliphatic heterocycles. The number of nitrogens with zero attached hydrogens (tertiary/aromatic N) is 1. The van der Waals surface area contributed by atoms with Gasteiger partial charge in [0.2, 0.25) is 5.91 Å². The monoisotopic (exact) mass is 275 g/mol. The van der Waals surface area contributed by atoms with Gasteiger partial charge in [-0.05, 0) is 31.9 Å². The average Bonchev–Trinajstić information content (AvgIpc) is 2.64. The summed E-state index contributed by atoms with van der Waals surface area (Å²) in [6, 6.07) is 7.22. The van der Waals surface area contributed by atoms with E-state index in [4.69, 9.17) is 4.74 Å². The van der Waals surface area contributed by atoms with Gasteiger partial charge in [0.15, 0.2) is 5.78 Å². The molecule has 2 rings (SSSR count). The van der Waals surface area contributed by atoms with Crippen LogP contribution < -0.4 is 4.74 Å². The lowest BCUT2D eigenvalue weighted by molar-refractivity contribution is -0.131. The Morgan fingerprint density at radius 3 is 2.85 bits per heavy atom. The van der Waals surface area contributed by atoms with Crippen LogP contribution in [0.5, 0.6) is 5.75 Å². The van der Waals surface area contributed by atoms with Crippen molar-refractivity contribution in [2.75, 3.05) is 19.7 Å². The topological polar surface area (TPSA) is 46.6 Å². The maximum absolute atomic E-state index is 11.8. The van der Waals surface area contributed by atoms with Crippen LogP contribution in [0.3, 0.4) is 0 Å². The number of amides is 1. The van der Waals surface area contributed by atoms with E-state index in [-0.39, 0.29) is 11.7 Å². The molecule has 1 aromatic rings. The highest BCUT2D eigenvalue weighted by Crippen LogP contribution is 2.18. The van der Waals surface area contributed by atoms with Crippen molar-refractivity contribution in [3.8, 4) is 5.75 Å². The van der Waals surface area contributed by atoms with Crippen LogP contribution in [0.25, 0.3) is 0 Å². The van der Waals surface area contributed by atoms with Gasteiger partial charge in [-0.25, -0.2) is 0 Å². The summed E-state index contributed by atoms with van der Waals surface area (Å²) in [6.07, 6.45) is 3.82.